The van der Waals surface area contributed by atoms with Gasteiger partial charge in [0.05, 0.1) is 0 Å². The number of carbonyl (C=O) groups excluding carboxylic acids is 1. The smallest absolute Gasteiger partial charge is 0.244 e. The monoisotopic (exact) mass is 362 g/mol. The van der Waals surface area contributed by atoms with Crippen LogP contribution in [-0.2, 0) is 14.8 Å². The number of sulfonamides is 1. The quantitative estimate of drug-likeness (QED) is 0.730. The molecule has 1 N–H and O–H groups in total. The van der Waals surface area contributed by atoms with Crippen LogP contribution < -0.4 is 4.72 Å². The van der Waals surface area contributed by atoms with Crippen molar-refractivity contribution in [2.24, 2.45) is 0 Å². The number of nitrogens with zero attached hydrogens (tertiary/aromatic N) is 1. The first-order valence-electron chi connectivity index (χ1n) is 7.41. The van der Waals surface area contributed by atoms with E-state index in [9.17, 15) is 17.6 Å². The average Bonchev–Trinajstić information content (AvgIpc) is 2.52. The summed E-state index contributed by atoms with van der Waals surface area (Å²) in [7, 11) is -4.10. The SMILES string of the molecule is CCN(CC)C(=O)C(CCSC)NS(=O)(=O)c1ccccc1F. The summed E-state index contributed by atoms with van der Waals surface area (Å²) in [6.07, 6.45) is 2.23. The summed E-state index contributed by atoms with van der Waals surface area (Å²) < 4.78 is 40.9. The molecule has 23 heavy (non-hydrogen) atoms. The van der Waals surface area contributed by atoms with Crippen molar-refractivity contribution in [1.29, 1.82) is 0 Å². The van der Waals surface area contributed by atoms with Crippen molar-refractivity contribution in [3.8, 4) is 0 Å². The van der Waals surface area contributed by atoms with Crippen LogP contribution in [-0.4, -0.2) is 50.4 Å². The zero-order chi connectivity index (χ0) is 17.5. The van der Waals surface area contributed by atoms with E-state index in [-0.39, 0.29) is 5.91 Å². The lowest BCUT2D eigenvalue weighted by Crippen LogP contribution is -2.48. The van der Waals surface area contributed by atoms with Crippen LogP contribution in [0, 0.1) is 5.82 Å². The molecule has 0 fully saturated rings. The molecule has 1 unspecified atom stereocenters. The molecule has 0 aliphatic heterocycles. The van der Waals surface area contributed by atoms with Gasteiger partial charge >= 0.3 is 0 Å². The number of carbonyl (C=O) groups is 1. The van der Waals surface area contributed by atoms with E-state index in [2.05, 4.69) is 4.72 Å². The Labute approximate surface area is 141 Å². The van der Waals surface area contributed by atoms with Crippen molar-refractivity contribution in [2.75, 3.05) is 25.1 Å². The Balaban J connectivity index is 3.05. The number of amides is 1. The molecule has 1 aromatic carbocycles. The van der Waals surface area contributed by atoms with E-state index in [0.717, 1.165) is 6.07 Å². The topological polar surface area (TPSA) is 66.5 Å². The molecule has 0 aliphatic rings. The molecule has 0 saturated heterocycles. The molecule has 130 valence electrons. The number of rotatable bonds is 9. The van der Waals surface area contributed by atoms with Crippen molar-refractivity contribution in [3.05, 3.63) is 30.1 Å². The summed E-state index contributed by atoms with van der Waals surface area (Å²) in [4.78, 5) is 13.6. The largest absolute Gasteiger partial charge is 0.342 e. The van der Waals surface area contributed by atoms with Crippen LogP contribution in [0.3, 0.4) is 0 Å². The molecule has 0 bridgehead atoms. The maximum Gasteiger partial charge on any atom is 0.244 e. The summed E-state index contributed by atoms with van der Waals surface area (Å²) in [6, 6.07) is 4.23. The predicted octanol–water partition coefficient (Wildman–Crippen LogP) is 2.09. The molecule has 5 nitrogen and oxygen atoms in total. The Morgan fingerprint density at radius 1 is 1.30 bits per heavy atom. The molecule has 0 spiro atoms. The maximum atomic E-state index is 13.8. The third kappa shape index (κ3) is 5.47. The van der Waals surface area contributed by atoms with Crippen LogP contribution in [0.2, 0.25) is 0 Å². The Kier molecular flexibility index (Phi) is 8.01. The number of benzene rings is 1. The molecule has 0 saturated carbocycles. The minimum Gasteiger partial charge on any atom is -0.342 e. The minimum atomic E-state index is -4.10. The summed E-state index contributed by atoms with van der Waals surface area (Å²) in [5.41, 5.74) is 0. The summed E-state index contributed by atoms with van der Waals surface area (Å²) in [5.74, 6) is -0.500. The fourth-order valence-electron chi connectivity index (χ4n) is 2.14. The van der Waals surface area contributed by atoms with E-state index in [0.29, 0.717) is 25.3 Å². The van der Waals surface area contributed by atoms with Gasteiger partial charge in [0.15, 0.2) is 0 Å². The normalized spacial score (nSPS) is 12.9. The van der Waals surface area contributed by atoms with Gasteiger partial charge in [-0.05, 0) is 44.4 Å². The highest BCUT2D eigenvalue weighted by Gasteiger charge is 2.29. The lowest BCUT2D eigenvalue weighted by Gasteiger charge is -2.25. The molecule has 1 amide bonds. The van der Waals surface area contributed by atoms with Gasteiger partial charge in [-0.15, -0.1) is 0 Å². The Morgan fingerprint density at radius 2 is 1.91 bits per heavy atom. The standard InChI is InChI=1S/C15H23FN2O3S2/c1-4-18(5-2)15(19)13(10-11-22-3)17-23(20,21)14-9-7-6-8-12(14)16/h6-9,13,17H,4-5,10-11H2,1-3H3. The number of thioether (sulfide) groups is 1. The summed E-state index contributed by atoms with van der Waals surface area (Å²) in [5, 5.41) is 0. The van der Waals surface area contributed by atoms with E-state index in [1.54, 1.807) is 4.90 Å². The van der Waals surface area contributed by atoms with Crippen LogP contribution in [0.5, 0.6) is 0 Å². The molecule has 1 atom stereocenters. The average molecular weight is 362 g/mol. The molecule has 0 aliphatic carbocycles. The highest BCUT2D eigenvalue weighted by molar-refractivity contribution is 7.98. The number of hydrogen-bond acceptors (Lipinski definition) is 4. The third-order valence-corrected chi connectivity index (χ3v) is 5.56. The van der Waals surface area contributed by atoms with Crippen LogP contribution >= 0.6 is 11.8 Å². The second-order valence-electron chi connectivity index (χ2n) is 4.90. The first-order valence-corrected chi connectivity index (χ1v) is 10.3. The number of halogens is 1. The van der Waals surface area contributed by atoms with Crippen LogP contribution in [0.4, 0.5) is 4.39 Å². The van der Waals surface area contributed by atoms with Gasteiger partial charge in [0.25, 0.3) is 0 Å². The van der Waals surface area contributed by atoms with Crippen LogP contribution in [0.1, 0.15) is 20.3 Å². The van der Waals surface area contributed by atoms with Crippen molar-refractivity contribution in [3.63, 3.8) is 0 Å². The first kappa shape index (κ1) is 19.9. The summed E-state index contributed by atoms with van der Waals surface area (Å²) >= 11 is 1.52. The van der Waals surface area contributed by atoms with Gasteiger partial charge in [-0.3, -0.25) is 4.79 Å². The zero-order valence-electron chi connectivity index (χ0n) is 13.6. The fraction of sp³-hybridized carbons (Fsp3) is 0.533. The molecule has 0 aromatic heterocycles. The molecule has 0 heterocycles. The van der Waals surface area contributed by atoms with Gasteiger partial charge in [0.1, 0.15) is 16.8 Å². The summed E-state index contributed by atoms with van der Waals surface area (Å²) in [6.45, 7) is 4.65. The van der Waals surface area contributed by atoms with Crippen molar-refractivity contribution in [1.82, 2.24) is 9.62 Å². The van der Waals surface area contributed by atoms with E-state index in [1.807, 2.05) is 20.1 Å². The van der Waals surface area contributed by atoms with Gasteiger partial charge in [0.2, 0.25) is 15.9 Å². The van der Waals surface area contributed by atoms with E-state index >= 15 is 0 Å². The number of likely N-dealkylation sites (N-methyl/N-ethyl adjacent to an activating group) is 1. The van der Waals surface area contributed by atoms with Crippen molar-refractivity contribution in [2.45, 2.75) is 31.2 Å². The lowest BCUT2D eigenvalue weighted by molar-refractivity contribution is -0.132. The van der Waals surface area contributed by atoms with Crippen LogP contribution in [0.15, 0.2) is 29.2 Å². The minimum absolute atomic E-state index is 0.288. The van der Waals surface area contributed by atoms with Gasteiger partial charge in [-0.1, -0.05) is 12.1 Å². The fourth-order valence-corrected chi connectivity index (χ4v) is 3.91. The molecule has 1 rings (SSSR count). The highest BCUT2D eigenvalue weighted by Crippen LogP contribution is 2.15. The molecule has 1 aromatic rings. The van der Waals surface area contributed by atoms with Gasteiger partial charge in [-0.2, -0.15) is 16.5 Å². The van der Waals surface area contributed by atoms with Crippen LogP contribution in [0.25, 0.3) is 0 Å². The molecular weight excluding hydrogens is 339 g/mol. The van der Waals surface area contributed by atoms with Gasteiger partial charge in [0, 0.05) is 13.1 Å². The Hall–Kier alpha value is -1.12. The maximum absolute atomic E-state index is 13.8. The Morgan fingerprint density at radius 3 is 2.43 bits per heavy atom. The van der Waals surface area contributed by atoms with E-state index in [1.165, 1.54) is 30.0 Å². The second-order valence-corrected chi connectivity index (χ2v) is 7.56. The van der Waals surface area contributed by atoms with E-state index in [4.69, 9.17) is 0 Å². The van der Waals surface area contributed by atoms with E-state index < -0.39 is 26.8 Å². The first-order chi connectivity index (χ1) is 10.9. The molecular formula is C15H23FN2O3S2. The Bertz CT molecular complexity index is 619. The predicted molar refractivity (Wildman–Crippen MR) is 91.4 cm³/mol. The molecule has 8 heteroatoms. The third-order valence-electron chi connectivity index (χ3n) is 3.41. The van der Waals surface area contributed by atoms with Crippen molar-refractivity contribution >= 4 is 27.7 Å². The highest BCUT2D eigenvalue weighted by atomic mass is 32.2. The van der Waals surface area contributed by atoms with Gasteiger partial charge < -0.3 is 4.90 Å². The number of hydrogen-bond donors (Lipinski definition) is 1. The van der Waals surface area contributed by atoms with Gasteiger partial charge in [-0.25, -0.2) is 12.8 Å². The number of nitrogens with one attached hydrogen (secondary N) is 1. The van der Waals surface area contributed by atoms with Crippen molar-refractivity contribution < 1.29 is 17.6 Å². The second kappa shape index (κ2) is 9.24. The zero-order valence-corrected chi connectivity index (χ0v) is 15.2. The lowest BCUT2D eigenvalue weighted by atomic mass is 10.2. The molecule has 0 radical (unpaired) electrons.